The van der Waals surface area contributed by atoms with E-state index >= 15 is 0 Å². The topological polar surface area (TPSA) is 34.6 Å². The van der Waals surface area contributed by atoms with Gasteiger partial charge in [-0.2, -0.15) is 5.10 Å². The van der Waals surface area contributed by atoms with Crippen LogP contribution in [0.15, 0.2) is 84.1 Å². The van der Waals surface area contributed by atoms with Gasteiger partial charge in [-0.1, -0.05) is 66.7 Å². The normalized spacial score (nSPS) is 17.0. The number of rotatable bonds is 3. The minimum absolute atomic E-state index is 0.358. The Morgan fingerprint density at radius 1 is 0.767 bits per heavy atom. The number of hydrazone groups is 1. The van der Waals surface area contributed by atoms with Crippen molar-refractivity contribution in [1.29, 1.82) is 0 Å². The summed E-state index contributed by atoms with van der Waals surface area (Å²) in [4.78, 5) is 5.93. The van der Waals surface area contributed by atoms with Crippen LogP contribution >= 0.6 is 0 Å². The molecule has 0 bridgehead atoms. The van der Waals surface area contributed by atoms with Gasteiger partial charge in [-0.15, -0.1) is 0 Å². The van der Waals surface area contributed by atoms with Gasteiger partial charge in [0, 0.05) is 48.8 Å². The molecule has 1 aliphatic heterocycles. The number of para-hydroxylation sites is 1. The number of piperazine rings is 1. The van der Waals surface area contributed by atoms with Crippen LogP contribution in [0.4, 0.5) is 0 Å². The van der Waals surface area contributed by atoms with Crippen LogP contribution in [0.25, 0.3) is 22.0 Å². The molecule has 1 saturated heterocycles. The van der Waals surface area contributed by atoms with Crippen molar-refractivity contribution in [3.63, 3.8) is 0 Å². The van der Waals surface area contributed by atoms with E-state index < -0.39 is 0 Å². The van der Waals surface area contributed by atoms with Crippen LogP contribution in [0.3, 0.4) is 0 Å². The molecule has 0 unspecified atom stereocenters. The van der Waals surface area contributed by atoms with Gasteiger partial charge in [0.15, 0.2) is 0 Å². The van der Waals surface area contributed by atoms with E-state index in [-0.39, 0.29) is 0 Å². The molecule has 0 atom stereocenters. The van der Waals surface area contributed by atoms with E-state index in [4.69, 9.17) is 5.10 Å². The molecule has 4 heteroatoms. The molecule has 4 nitrogen and oxygen atoms in total. The number of fused-ring (bicyclic) bond motifs is 4. The van der Waals surface area contributed by atoms with Crippen LogP contribution in [0.5, 0.6) is 0 Å². The highest BCUT2D eigenvalue weighted by Gasteiger charge is 2.33. The largest absolute Gasteiger partial charge is 0.361 e. The zero-order valence-corrected chi connectivity index (χ0v) is 16.8. The molecule has 0 saturated carbocycles. The summed E-state index contributed by atoms with van der Waals surface area (Å²) in [5.41, 5.74) is 7.95. The van der Waals surface area contributed by atoms with Crippen LogP contribution in [-0.4, -0.2) is 47.3 Å². The third kappa shape index (κ3) is 2.84. The van der Waals surface area contributed by atoms with Crippen molar-refractivity contribution in [1.82, 2.24) is 14.9 Å². The average molecular weight is 393 g/mol. The molecular weight excluding hydrogens is 368 g/mol. The summed E-state index contributed by atoms with van der Waals surface area (Å²) in [5, 5.41) is 8.21. The summed E-state index contributed by atoms with van der Waals surface area (Å²) in [6, 6.07) is 26.5. The van der Waals surface area contributed by atoms with E-state index in [9.17, 15) is 0 Å². The number of hydrogen-bond acceptors (Lipinski definition) is 3. The number of nitrogens with zero attached hydrogens (tertiary/aromatic N) is 3. The van der Waals surface area contributed by atoms with E-state index in [1.54, 1.807) is 0 Å². The standard InChI is InChI=1S/C26H24N4/c1-3-10-23-21(8-1)22-9-2-4-11-24(22)26(23)29-13-15-30(16-14-29)28-18-19-17-27-25-12-6-5-7-20(19)25/h1-12,17-18,26-27H,13-16H2. The van der Waals surface area contributed by atoms with Crippen molar-refractivity contribution in [2.24, 2.45) is 5.10 Å². The van der Waals surface area contributed by atoms with Crippen molar-refractivity contribution in [2.75, 3.05) is 26.2 Å². The third-order valence-corrected chi connectivity index (χ3v) is 6.44. The maximum absolute atomic E-state index is 4.79. The summed E-state index contributed by atoms with van der Waals surface area (Å²) in [5.74, 6) is 0. The lowest BCUT2D eigenvalue weighted by Crippen LogP contribution is -2.45. The molecule has 2 aliphatic rings. The molecule has 4 aromatic rings. The molecule has 148 valence electrons. The molecule has 30 heavy (non-hydrogen) atoms. The van der Waals surface area contributed by atoms with Crippen molar-refractivity contribution < 1.29 is 0 Å². The fourth-order valence-corrected chi connectivity index (χ4v) is 4.95. The summed E-state index contributed by atoms with van der Waals surface area (Å²) >= 11 is 0. The van der Waals surface area contributed by atoms with Gasteiger partial charge in [0.1, 0.15) is 0 Å². The predicted molar refractivity (Wildman–Crippen MR) is 123 cm³/mol. The second kappa shape index (κ2) is 7.15. The van der Waals surface area contributed by atoms with Gasteiger partial charge in [-0.3, -0.25) is 9.91 Å². The maximum atomic E-state index is 4.79. The molecule has 6 rings (SSSR count). The Morgan fingerprint density at radius 3 is 2.13 bits per heavy atom. The molecular formula is C26H24N4. The lowest BCUT2D eigenvalue weighted by Gasteiger charge is -2.37. The van der Waals surface area contributed by atoms with E-state index in [2.05, 4.69) is 87.7 Å². The first-order valence-corrected chi connectivity index (χ1v) is 10.7. The van der Waals surface area contributed by atoms with Crippen LogP contribution in [-0.2, 0) is 0 Å². The Bertz CT molecular complexity index is 1190. The molecule has 0 amide bonds. The Kier molecular flexibility index (Phi) is 4.17. The SMILES string of the molecule is C(=NN1CCN(C2c3ccccc3-c3ccccc32)CC1)c1c[nH]c2ccccc12. The van der Waals surface area contributed by atoms with Crippen molar-refractivity contribution in [3.8, 4) is 11.1 Å². The van der Waals surface area contributed by atoms with Crippen molar-refractivity contribution >= 4 is 17.1 Å². The quantitative estimate of drug-likeness (QED) is 0.504. The van der Waals surface area contributed by atoms with E-state index in [1.807, 2.05) is 12.4 Å². The number of hydrogen-bond donors (Lipinski definition) is 1. The van der Waals surface area contributed by atoms with Crippen LogP contribution in [0.2, 0.25) is 0 Å². The van der Waals surface area contributed by atoms with Gasteiger partial charge in [-0.05, 0) is 28.3 Å². The Hall–Kier alpha value is -3.37. The predicted octanol–water partition coefficient (Wildman–Crippen LogP) is 4.89. The zero-order chi connectivity index (χ0) is 19.9. The summed E-state index contributed by atoms with van der Waals surface area (Å²) in [6.45, 7) is 3.91. The summed E-state index contributed by atoms with van der Waals surface area (Å²) in [7, 11) is 0. The molecule has 0 spiro atoms. The zero-order valence-electron chi connectivity index (χ0n) is 16.8. The van der Waals surface area contributed by atoms with Gasteiger partial charge in [0.05, 0.1) is 12.3 Å². The first kappa shape index (κ1) is 17.5. The summed E-state index contributed by atoms with van der Waals surface area (Å²) in [6.07, 6.45) is 4.03. The Morgan fingerprint density at radius 2 is 1.40 bits per heavy atom. The number of aromatic nitrogens is 1. The van der Waals surface area contributed by atoms with E-state index in [1.165, 1.54) is 27.6 Å². The molecule has 1 N–H and O–H groups in total. The average Bonchev–Trinajstić information content (AvgIpc) is 3.37. The number of nitrogens with one attached hydrogen (secondary N) is 1. The number of benzene rings is 3. The molecule has 0 radical (unpaired) electrons. The molecule has 1 aromatic heterocycles. The van der Waals surface area contributed by atoms with E-state index in [0.29, 0.717) is 6.04 Å². The highest BCUT2D eigenvalue weighted by atomic mass is 15.5. The molecule has 1 fully saturated rings. The Labute approximate surface area is 176 Å². The van der Waals surface area contributed by atoms with Gasteiger partial charge in [0.25, 0.3) is 0 Å². The van der Waals surface area contributed by atoms with Gasteiger partial charge < -0.3 is 4.98 Å². The van der Waals surface area contributed by atoms with Crippen LogP contribution < -0.4 is 0 Å². The first-order valence-electron chi connectivity index (χ1n) is 10.7. The molecule has 2 heterocycles. The van der Waals surface area contributed by atoms with Crippen molar-refractivity contribution in [2.45, 2.75) is 6.04 Å². The van der Waals surface area contributed by atoms with E-state index in [0.717, 1.165) is 37.3 Å². The minimum atomic E-state index is 0.358. The van der Waals surface area contributed by atoms with Gasteiger partial charge in [-0.25, -0.2) is 0 Å². The molecule has 3 aromatic carbocycles. The second-order valence-electron chi connectivity index (χ2n) is 8.10. The maximum Gasteiger partial charge on any atom is 0.0615 e. The number of H-pyrrole nitrogens is 1. The molecule has 1 aliphatic carbocycles. The number of aromatic amines is 1. The smallest absolute Gasteiger partial charge is 0.0615 e. The fraction of sp³-hybridized carbons (Fsp3) is 0.192. The third-order valence-electron chi connectivity index (χ3n) is 6.44. The van der Waals surface area contributed by atoms with Gasteiger partial charge >= 0.3 is 0 Å². The monoisotopic (exact) mass is 392 g/mol. The van der Waals surface area contributed by atoms with Gasteiger partial charge in [0.2, 0.25) is 0 Å². The first-order chi connectivity index (χ1) is 14.9. The van der Waals surface area contributed by atoms with Crippen molar-refractivity contribution in [3.05, 3.63) is 95.7 Å². The second-order valence-corrected chi connectivity index (χ2v) is 8.10. The summed E-state index contributed by atoms with van der Waals surface area (Å²) < 4.78 is 0. The highest BCUT2D eigenvalue weighted by molar-refractivity contribution is 5.98. The van der Waals surface area contributed by atoms with Crippen LogP contribution in [0.1, 0.15) is 22.7 Å². The fourth-order valence-electron chi connectivity index (χ4n) is 4.95. The lowest BCUT2D eigenvalue weighted by molar-refractivity contribution is 0.114. The lowest BCUT2D eigenvalue weighted by atomic mass is 10.0. The Balaban J connectivity index is 1.20. The minimum Gasteiger partial charge on any atom is -0.361 e. The van der Waals surface area contributed by atoms with Crippen LogP contribution in [0, 0.1) is 0 Å². The highest BCUT2D eigenvalue weighted by Crippen LogP contribution is 2.46.